The summed E-state index contributed by atoms with van der Waals surface area (Å²) in [6, 6.07) is 0. The highest BCUT2D eigenvalue weighted by atomic mass is 16.1. The van der Waals surface area contributed by atoms with Gasteiger partial charge in [-0.3, -0.25) is 4.79 Å². The second-order valence-corrected chi connectivity index (χ2v) is 4.02. The first kappa shape index (κ1) is 12.9. The summed E-state index contributed by atoms with van der Waals surface area (Å²) in [6.45, 7) is 5.46. The van der Waals surface area contributed by atoms with Crippen LogP contribution in [-0.4, -0.2) is 21.9 Å². The van der Waals surface area contributed by atoms with E-state index in [-0.39, 0.29) is 11.7 Å². The third-order valence-electron chi connectivity index (χ3n) is 2.83. The average molecular weight is 223 g/mol. The van der Waals surface area contributed by atoms with E-state index in [0.29, 0.717) is 13.0 Å². The predicted molar refractivity (Wildman–Crippen MR) is 64.1 cm³/mol. The van der Waals surface area contributed by atoms with Crippen LogP contribution in [0.2, 0.25) is 0 Å². The maximum atomic E-state index is 11.9. The minimum absolute atomic E-state index is 0.0215. The second-order valence-electron chi connectivity index (χ2n) is 4.02. The number of hydrogen-bond donors (Lipinski definition) is 1. The van der Waals surface area contributed by atoms with E-state index < -0.39 is 0 Å². The van der Waals surface area contributed by atoms with E-state index in [0.717, 1.165) is 25.2 Å². The van der Waals surface area contributed by atoms with Crippen molar-refractivity contribution < 1.29 is 4.79 Å². The average Bonchev–Trinajstić information content (AvgIpc) is 2.68. The quantitative estimate of drug-likeness (QED) is 0.760. The van der Waals surface area contributed by atoms with Crippen molar-refractivity contribution >= 4 is 5.78 Å². The molecule has 0 fully saturated rings. The SMILES string of the molecule is CCCn1ccnc1CC(=O)C(CC)CN. The van der Waals surface area contributed by atoms with Gasteiger partial charge in [-0.2, -0.15) is 0 Å². The van der Waals surface area contributed by atoms with Gasteiger partial charge in [0.15, 0.2) is 0 Å². The Morgan fingerprint density at radius 2 is 2.31 bits per heavy atom. The number of ketones is 1. The molecule has 0 spiro atoms. The largest absolute Gasteiger partial charge is 0.335 e. The molecule has 0 bridgehead atoms. The summed E-state index contributed by atoms with van der Waals surface area (Å²) in [6.07, 6.45) is 5.94. The van der Waals surface area contributed by atoms with Crippen LogP contribution in [0, 0.1) is 5.92 Å². The molecular formula is C12H21N3O. The van der Waals surface area contributed by atoms with E-state index in [1.807, 2.05) is 17.7 Å². The Hall–Kier alpha value is -1.16. The normalized spacial score (nSPS) is 12.7. The Balaban J connectivity index is 2.64. The van der Waals surface area contributed by atoms with Gasteiger partial charge >= 0.3 is 0 Å². The summed E-state index contributed by atoms with van der Waals surface area (Å²) < 4.78 is 2.04. The molecule has 1 aromatic rings. The number of nitrogens with zero attached hydrogens (tertiary/aromatic N) is 2. The third-order valence-corrected chi connectivity index (χ3v) is 2.83. The van der Waals surface area contributed by atoms with Crippen molar-refractivity contribution in [3.63, 3.8) is 0 Å². The van der Waals surface area contributed by atoms with E-state index in [1.54, 1.807) is 6.20 Å². The van der Waals surface area contributed by atoms with Gasteiger partial charge in [-0.1, -0.05) is 13.8 Å². The summed E-state index contributed by atoms with van der Waals surface area (Å²) in [5.41, 5.74) is 5.56. The maximum Gasteiger partial charge on any atom is 0.144 e. The molecule has 2 N–H and O–H groups in total. The molecule has 1 unspecified atom stereocenters. The molecule has 4 nitrogen and oxygen atoms in total. The maximum absolute atomic E-state index is 11.9. The Morgan fingerprint density at radius 3 is 2.88 bits per heavy atom. The Labute approximate surface area is 96.9 Å². The zero-order valence-electron chi connectivity index (χ0n) is 10.1. The highest BCUT2D eigenvalue weighted by Gasteiger charge is 2.17. The van der Waals surface area contributed by atoms with Crippen molar-refractivity contribution in [1.82, 2.24) is 9.55 Å². The summed E-state index contributed by atoms with van der Waals surface area (Å²) in [5, 5.41) is 0. The molecule has 1 aromatic heterocycles. The number of carbonyl (C=O) groups excluding carboxylic acids is 1. The number of imidazole rings is 1. The van der Waals surface area contributed by atoms with E-state index in [4.69, 9.17) is 5.73 Å². The monoisotopic (exact) mass is 223 g/mol. The first-order valence-electron chi connectivity index (χ1n) is 5.95. The number of carbonyl (C=O) groups is 1. The van der Waals surface area contributed by atoms with Gasteiger partial charge in [-0.25, -0.2) is 4.98 Å². The molecule has 90 valence electrons. The Kier molecular flexibility index (Phi) is 5.19. The second kappa shape index (κ2) is 6.43. The fourth-order valence-electron chi connectivity index (χ4n) is 1.78. The highest BCUT2D eigenvalue weighted by Crippen LogP contribution is 2.08. The number of hydrogen-bond acceptors (Lipinski definition) is 3. The minimum Gasteiger partial charge on any atom is -0.335 e. The van der Waals surface area contributed by atoms with E-state index in [9.17, 15) is 4.79 Å². The topological polar surface area (TPSA) is 60.9 Å². The first-order chi connectivity index (χ1) is 7.72. The van der Waals surface area contributed by atoms with E-state index in [2.05, 4.69) is 11.9 Å². The van der Waals surface area contributed by atoms with Crippen molar-refractivity contribution in [1.29, 1.82) is 0 Å². The molecule has 0 saturated heterocycles. The summed E-state index contributed by atoms with van der Waals surface area (Å²) >= 11 is 0. The number of aryl methyl sites for hydroxylation is 1. The van der Waals surface area contributed by atoms with Crippen LogP contribution < -0.4 is 5.73 Å². The number of nitrogens with two attached hydrogens (primary N) is 1. The van der Waals surface area contributed by atoms with Crippen molar-refractivity contribution in [3.05, 3.63) is 18.2 Å². The fraction of sp³-hybridized carbons (Fsp3) is 0.667. The van der Waals surface area contributed by atoms with Gasteiger partial charge in [0, 0.05) is 31.4 Å². The van der Waals surface area contributed by atoms with Gasteiger partial charge in [-0.15, -0.1) is 0 Å². The standard InChI is InChI=1S/C12H21N3O/c1-3-6-15-7-5-14-12(15)8-11(16)10(4-2)9-13/h5,7,10H,3-4,6,8-9,13H2,1-2H3. The molecule has 16 heavy (non-hydrogen) atoms. The summed E-state index contributed by atoms with van der Waals surface area (Å²) in [4.78, 5) is 16.1. The lowest BCUT2D eigenvalue weighted by atomic mass is 9.99. The van der Waals surface area contributed by atoms with Gasteiger partial charge in [0.2, 0.25) is 0 Å². The van der Waals surface area contributed by atoms with Crippen LogP contribution in [0.15, 0.2) is 12.4 Å². The van der Waals surface area contributed by atoms with Crippen molar-refractivity contribution in [2.24, 2.45) is 11.7 Å². The van der Waals surface area contributed by atoms with Crippen LogP contribution in [0.1, 0.15) is 32.5 Å². The zero-order valence-corrected chi connectivity index (χ0v) is 10.1. The fourth-order valence-corrected chi connectivity index (χ4v) is 1.78. The van der Waals surface area contributed by atoms with E-state index >= 15 is 0 Å². The number of Topliss-reactive ketones (excluding diaryl/α,β-unsaturated/α-hetero) is 1. The third kappa shape index (κ3) is 3.17. The van der Waals surface area contributed by atoms with Crippen LogP contribution in [-0.2, 0) is 17.8 Å². The Bertz CT molecular complexity index is 329. The van der Waals surface area contributed by atoms with Crippen LogP contribution in [0.5, 0.6) is 0 Å². The molecule has 0 aliphatic rings. The summed E-state index contributed by atoms with van der Waals surface area (Å²) in [7, 11) is 0. The van der Waals surface area contributed by atoms with Gasteiger partial charge in [-0.05, 0) is 12.8 Å². The minimum atomic E-state index is -0.0215. The van der Waals surface area contributed by atoms with Gasteiger partial charge in [0.1, 0.15) is 11.6 Å². The molecule has 0 amide bonds. The van der Waals surface area contributed by atoms with Crippen LogP contribution >= 0.6 is 0 Å². The first-order valence-corrected chi connectivity index (χ1v) is 5.95. The van der Waals surface area contributed by atoms with Gasteiger partial charge in [0.05, 0.1) is 6.42 Å². The van der Waals surface area contributed by atoms with Crippen LogP contribution in [0.3, 0.4) is 0 Å². The smallest absolute Gasteiger partial charge is 0.144 e. The van der Waals surface area contributed by atoms with E-state index in [1.165, 1.54) is 0 Å². The zero-order chi connectivity index (χ0) is 12.0. The van der Waals surface area contributed by atoms with Gasteiger partial charge in [0.25, 0.3) is 0 Å². The molecule has 0 radical (unpaired) electrons. The number of aromatic nitrogens is 2. The van der Waals surface area contributed by atoms with Crippen LogP contribution in [0.25, 0.3) is 0 Å². The molecular weight excluding hydrogens is 202 g/mol. The van der Waals surface area contributed by atoms with Crippen molar-refractivity contribution in [2.75, 3.05) is 6.54 Å². The number of rotatable bonds is 7. The Morgan fingerprint density at radius 1 is 1.56 bits per heavy atom. The van der Waals surface area contributed by atoms with Crippen molar-refractivity contribution in [3.8, 4) is 0 Å². The van der Waals surface area contributed by atoms with Gasteiger partial charge < -0.3 is 10.3 Å². The molecule has 0 aliphatic carbocycles. The van der Waals surface area contributed by atoms with Crippen LogP contribution in [0.4, 0.5) is 0 Å². The highest BCUT2D eigenvalue weighted by molar-refractivity contribution is 5.82. The predicted octanol–water partition coefficient (Wildman–Crippen LogP) is 1.39. The molecule has 1 rings (SSSR count). The van der Waals surface area contributed by atoms with Crippen molar-refractivity contribution in [2.45, 2.75) is 39.7 Å². The lowest BCUT2D eigenvalue weighted by Gasteiger charge is -2.11. The molecule has 0 aliphatic heterocycles. The molecule has 0 saturated carbocycles. The summed E-state index contributed by atoms with van der Waals surface area (Å²) in [5.74, 6) is 1.04. The lowest BCUT2D eigenvalue weighted by molar-refractivity contribution is -0.122. The molecule has 0 aromatic carbocycles. The molecule has 1 atom stereocenters. The molecule has 1 heterocycles. The lowest BCUT2D eigenvalue weighted by Crippen LogP contribution is -2.25. The molecule has 4 heteroatoms.